The Kier molecular flexibility index (Phi) is 4.15. The molecule has 22 heavy (non-hydrogen) atoms. The molecule has 0 unspecified atom stereocenters. The number of carbonyl (C=O) groups is 1. The van der Waals surface area contributed by atoms with Crippen molar-refractivity contribution in [3.8, 4) is 0 Å². The summed E-state index contributed by atoms with van der Waals surface area (Å²) in [6.07, 6.45) is 1.75. The summed E-state index contributed by atoms with van der Waals surface area (Å²) in [7, 11) is 0. The molecule has 114 valence electrons. The predicted octanol–water partition coefficient (Wildman–Crippen LogP) is 1.63. The van der Waals surface area contributed by atoms with Crippen LogP contribution in [0.3, 0.4) is 0 Å². The number of nitrogens with zero attached hydrogens (tertiary/aromatic N) is 3. The molecular formula is C17H19N3O2. The van der Waals surface area contributed by atoms with Gasteiger partial charge in [-0.1, -0.05) is 12.1 Å². The average molecular weight is 297 g/mol. The number of aliphatic hydroxyl groups is 1. The first-order valence-electron chi connectivity index (χ1n) is 7.43. The van der Waals surface area contributed by atoms with E-state index in [-0.39, 0.29) is 24.3 Å². The van der Waals surface area contributed by atoms with Gasteiger partial charge in [-0.15, -0.1) is 0 Å². The third-order valence-corrected chi connectivity index (χ3v) is 4.14. The second kappa shape index (κ2) is 6.23. The van der Waals surface area contributed by atoms with Gasteiger partial charge in [0.15, 0.2) is 0 Å². The van der Waals surface area contributed by atoms with Crippen LogP contribution in [0.25, 0.3) is 0 Å². The topological polar surface area (TPSA) is 66.3 Å². The second-order valence-corrected chi connectivity index (χ2v) is 5.68. The maximum atomic E-state index is 12.6. The summed E-state index contributed by atoms with van der Waals surface area (Å²) in [6, 6.07) is 11.2. The Morgan fingerprint density at radius 2 is 2.14 bits per heavy atom. The fourth-order valence-electron chi connectivity index (χ4n) is 2.98. The molecule has 5 heteroatoms. The quantitative estimate of drug-likeness (QED) is 0.935. The molecule has 1 fully saturated rings. The molecule has 0 aliphatic carbocycles. The lowest BCUT2D eigenvalue weighted by Gasteiger charge is -2.16. The van der Waals surface area contributed by atoms with E-state index in [1.54, 1.807) is 17.2 Å². The van der Waals surface area contributed by atoms with Gasteiger partial charge < -0.3 is 10.0 Å². The standard InChI is InChI=1S/C17H19N3O2/c1-12-5-4-7-16(19-12)17(22)20-9-13(11-21)14(10-20)15-6-2-3-8-18-15/h2-8,13-14,21H,9-11H2,1H3/t13-,14+/m0/s1. The second-order valence-electron chi connectivity index (χ2n) is 5.68. The van der Waals surface area contributed by atoms with E-state index in [9.17, 15) is 9.90 Å². The number of hydrogen-bond acceptors (Lipinski definition) is 4. The molecule has 1 N–H and O–H groups in total. The zero-order valence-corrected chi connectivity index (χ0v) is 12.5. The van der Waals surface area contributed by atoms with Crippen LogP contribution in [0.4, 0.5) is 0 Å². The van der Waals surface area contributed by atoms with Crippen molar-refractivity contribution in [2.24, 2.45) is 5.92 Å². The van der Waals surface area contributed by atoms with Gasteiger partial charge in [-0.3, -0.25) is 9.78 Å². The number of rotatable bonds is 3. The van der Waals surface area contributed by atoms with Crippen molar-refractivity contribution in [1.82, 2.24) is 14.9 Å². The zero-order chi connectivity index (χ0) is 15.5. The lowest BCUT2D eigenvalue weighted by Crippen LogP contribution is -2.30. The van der Waals surface area contributed by atoms with Gasteiger partial charge in [-0.25, -0.2) is 4.98 Å². The van der Waals surface area contributed by atoms with Crippen LogP contribution in [0.2, 0.25) is 0 Å². The highest BCUT2D eigenvalue weighted by molar-refractivity contribution is 5.92. The number of aliphatic hydroxyl groups excluding tert-OH is 1. The molecule has 0 radical (unpaired) electrons. The smallest absolute Gasteiger partial charge is 0.272 e. The highest BCUT2D eigenvalue weighted by atomic mass is 16.3. The van der Waals surface area contributed by atoms with Gasteiger partial charge in [0.25, 0.3) is 5.91 Å². The highest BCUT2D eigenvalue weighted by Crippen LogP contribution is 2.31. The summed E-state index contributed by atoms with van der Waals surface area (Å²) in [5, 5.41) is 9.63. The molecule has 0 saturated carbocycles. The minimum absolute atomic E-state index is 0.0173. The molecule has 1 saturated heterocycles. The first-order valence-corrected chi connectivity index (χ1v) is 7.43. The van der Waals surface area contributed by atoms with E-state index in [1.165, 1.54) is 0 Å². The highest BCUT2D eigenvalue weighted by Gasteiger charge is 2.37. The van der Waals surface area contributed by atoms with Gasteiger partial charge in [0.2, 0.25) is 0 Å². The molecule has 5 nitrogen and oxygen atoms in total. The van der Waals surface area contributed by atoms with Crippen molar-refractivity contribution in [2.45, 2.75) is 12.8 Å². The molecule has 1 aliphatic heterocycles. The van der Waals surface area contributed by atoms with E-state index in [2.05, 4.69) is 9.97 Å². The lowest BCUT2D eigenvalue weighted by molar-refractivity contribution is 0.0775. The Hall–Kier alpha value is -2.27. The molecule has 2 atom stereocenters. The summed E-state index contributed by atoms with van der Waals surface area (Å²) in [5.41, 5.74) is 2.21. The van der Waals surface area contributed by atoms with Crippen molar-refractivity contribution in [3.63, 3.8) is 0 Å². The SMILES string of the molecule is Cc1cccc(C(=O)N2C[C@@H](CO)[C@H](c3ccccn3)C2)n1. The van der Waals surface area contributed by atoms with Crippen molar-refractivity contribution in [1.29, 1.82) is 0 Å². The van der Waals surface area contributed by atoms with E-state index in [4.69, 9.17) is 0 Å². The van der Waals surface area contributed by atoms with E-state index in [0.29, 0.717) is 18.8 Å². The Morgan fingerprint density at radius 3 is 2.82 bits per heavy atom. The van der Waals surface area contributed by atoms with Gasteiger partial charge in [0.05, 0.1) is 0 Å². The van der Waals surface area contributed by atoms with Crippen LogP contribution in [0.15, 0.2) is 42.6 Å². The Balaban J connectivity index is 1.81. The monoisotopic (exact) mass is 297 g/mol. The van der Waals surface area contributed by atoms with Gasteiger partial charge in [-0.05, 0) is 31.2 Å². The first kappa shape index (κ1) is 14.7. The zero-order valence-electron chi connectivity index (χ0n) is 12.5. The van der Waals surface area contributed by atoms with Crippen LogP contribution in [0.5, 0.6) is 0 Å². The fraction of sp³-hybridized carbons (Fsp3) is 0.353. The molecular weight excluding hydrogens is 278 g/mol. The van der Waals surface area contributed by atoms with E-state index in [0.717, 1.165) is 11.4 Å². The summed E-state index contributed by atoms with van der Waals surface area (Å²) in [4.78, 5) is 23.0. The van der Waals surface area contributed by atoms with Crippen LogP contribution in [-0.4, -0.2) is 45.6 Å². The maximum absolute atomic E-state index is 12.6. The van der Waals surface area contributed by atoms with E-state index in [1.807, 2.05) is 37.3 Å². The van der Waals surface area contributed by atoms with Crippen LogP contribution in [0, 0.1) is 12.8 Å². The van der Waals surface area contributed by atoms with Gasteiger partial charge >= 0.3 is 0 Å². The summed E-state index contributed by atoms with van der Waals surface area (Å²) < 4.78 is 0. The van der Waals surface area contributed by atoms with Crippen molar-refractivity contribution in [3.05, 3.63) is 59.7 Å². The summed E-state index contributed by atoms with van der Waals surface area (Å²) >= 11 is 0. The van der Waals surface area contributed by atoms with Crippen LogP contribution < -0.4 is 0 Å². The third kappa shape index (κ3) is 2.85. The normalized spacial score (nSPS) is 21.1. The predicted molar refractivity (Wildman–Crippen MR) is 82.4 cm³/mol. The number of aryl methyl sites for hydroxylation is 1. The number of pyridine rings is 2. The van der Waals surface area contributed by atoms with Crippen LogP contribution in [-0.2, 0) is 0 Å². The minimum atomic E-state index is -0.0828. The van der Waals surface area contributed by atoms with Gasteiger partial charge in [0, 0.05) is 49.1 Å². The molecule has 0 bridgehead atoms. The summed E-state index contributed by atoms with van der Waals surface area (Å²) in [5.74, 6) is 0.00389. The Labute approximate surface area is 129 Å². The molecule has 0 aromatic carbocycles. The molecule has 1 amide bonds. The first-order chi connectivity index (χ1) is 10.7. The minimum Gasteiger partial charge on any atom is -0.396 e. The molecule has 3 rings (SSSR count). The number of likely N-dealkylation sites (tertiary alicyclic amines) is 1. The van der Waals surface area contributed by atoms with Crippen LogP contribution >= 0.6 is 0 Å². The third-order valence-electron chi connectivity index (χ3n) is 4.14. The number of hydrogen-bond donors (Lipinski definition) is 1. The molecule has 0 spiro atoms. The molecule has 1 aliphatic rings. The van der Waals surface area contributed by atoms with Crippen molar-refractivity contribution in [2.75, 3.05) is 19.7 Å². The molecule has 3 heterocycles. The fourth-order valence-corrected chi connectivity index (χ4v) is 2.98. The van der Waals surface area contributed by atoms with Gasteiger partial charge in [-0.2, -0.15) is 0 Å². The van der Waals surface area contributed by atoms with Crippen molar-refractivity contribution >= 4 is 5.91 Å². The van der Waals surface area contributed by atoms with Crippen molar-refractivity contribution < 1.29 is 9.90 Å². The van der Waals surface area contributed by atoms with E-state index < -0.39 is 0 Å². The number of carbonyl (C=O) groups excluding carboxylic acids is 1. The Morgan fingerprint density at radius 1 is 1.27 bits per heavy atom. The molecule has 2 aromatic rings. The maximum Gasteiger partial charge on any atom is 0.272 e. The number of aromatic nitrogens is 2. The van der Waals surface area contributed by atoms with Crippen LogP contribution in [0.1, 0.15) is 27.8 Å². The summed E-state index contributed by atoms with van der Waals surface area (Å²) in [6.45, 7) is 3.02. The Bertz CT molecular complexity index is 660. The number of amides is 1. The largest absolute Gasteiger partial charge is 0.396 e. The van der Waals surface area contributed by atoms with E-state index >= 15 is 0 Å². The lowest BCUT2D eigenvalue weighted by atomic mass is 9.93. The molecule has 2 aromatic heterocycles. The average Bonchev–Trinajstić information content (AvgIpc) is 2.99. The van der Waals surface area contributed by atoms with Gasteiger partial charge in [0.1, 0.15) is 5.69 Å².